The molecule has 0 bridgehead atoms. The minimum Gasteiger partial charge on any atom is -0.459 e. The van der Waals surface area contributed by atoms with Gasteiger partial charge in [0.15, 0.2) is 0 Å². The van der Waals surface area contributed by atoms with Crippen LogP contribution in [0.3, 0.4) is 0 Å². The Hall–Kier alpha value is -1.38. The molecule has 7 nitrogen and oxygen atoms in total. The second-order valence-corrected chi connectivity index (χ2v) is 9.23. The zero-order valence-electron chi connectivity index (χ0n) is 16.8. The molecule has 3 rings (SSSR count). The number of hydrogen-bond acceptors (Lipinski definition) is 6. The third kappa shape index (κ3) is 3.82. The largest absolute Gasteiger partial charge is 0.498 e. The van der Waals surface area contributed by atoms with Gasteiger partial charge in [0.1, 0.15) is 11.6 Å². The summed E-state index contributed by atoms with van der Waals surface area (Å²) in [6.45, 7) is 14.4. The lowest BCUT2D eigenvalue weighted by molar-refractivity contribution is -0.157. The molecule has 0 aromatic carbocycles. The average Bonchev–Trinajstić information content (AvgIpc) is 3.16. The van der Waals surface area contributed by atoms with Crippen LogP contribution in [-0.2, 0) is 18.8 Å². The van der Waals surface area contributed by atoms with Crippen molar-refractivity contribution in [2.75, 3.05) is 6.54 Å². The van der Waals surface area contributed by atoms with Crippen LogP contribution in [-0.4, -0.2) is 52.3 Å². The van der Waals surface area contributed by atoms with E-state index in [1.807, 2.05) is 59.3 Å². The van der Waals surface area contributed by atoms with Gasteiger partial charge in [0, 0.05) is 24.4 Å². The van der Waals surface area contributed by atoms with Crippen molar-refractivity contribution in [3.63, 3.8) is 0 Å². The zero-order chi connectivity index (χ0) is 19.3. The molecule has 26 heavy (non-hydrogen) atoms. The summed E-state index contributed by atoms with van der Waals surface area (Å²) < 4.78 is 19.5. The first kappa shape index (κ1) is 19.4. The highest BCUT2D eigenvalue weighted by atomic mass is 16.7. The monoisotopic (exact) mass is 363 g/mol. The van der Waals surface area contributed by atoms with Crippen LogP contribution in [0.4, 0.5) is 0 Å². The number of ether oxygens (including phenoxy) is 1. The number of carbonyl (C=O) groups excluding carboxylic acids is 1. The Balaban J connectivity index is 1.64. The molecule has 144 valence electrons. The topological polar surface area (TPSA) is 74.6 Å². The van der Waals surface area contributed by atoms with Crippen molar-refractivity contribution in [1.82, 2.24) is 15.1 Å². The van der Waals surface area contributed by atoms with Crippen molar-refractivity contribution in [3.8, 4) is 0 Å². The van der Waals surface area contributed by atoms with Gasteiger partial charge in [-0.25, -0.2) is 0 Å². The van der Waals surface area contributed by atoms with Gasteiger partial charge < -0.3 is 19.4 Å². The molecule has 2 saturated heterocycles. The van der Waals surface area contributed by atoms with Gasteiger partial charge >= 0.3 is 13.1 Å². The molecule has 3 heterocycles. The molecule has 1 aromatic heterocycles. The first-order valence-electron chi connectivity index (χ1n) is 9.24. The first-order valence-corrected chi connectivity index (χ1v) is 9.24. The summed E-state index contributed by atoms with van der Waals surface area (Å²) in [5, 5.41) is 7.71. The summed E-state index contributed by atoms with van der Waals surface area (Å²) in [5.41, 5.74) is -0.344. The maximum Gasteiger partial charge on any atom is 0.498 e. The number of rotatable bonds is 3. The Morgan fingerprint density at radius 2 is 1.92 bits per heavy atom. The van der Waals surface area contributed by atoms with E-state index in [2.05, 4.69) is 10.4 Å². The molecule has 1 N–H and O–H groups in total. The fourth-order valence-electron chi connectivity index (χ4n) is 3.12. The Bertz CT molecular complexity index is 664. The van der Waals surface area contributed by atoms with Crippen LogP contribution >= 0.6 is 0 Å². The summed E-state index contributed by atoms with van der Waals surface area (Å²) in [6.07, 6.45) is 4.38. The Morgan fingerprint density at radius 1 is 1.31 bits per heavy atom. The van der Waals surface area contributed by atoms with E-state index in [4.69, 9.17) is 14.0 Å². The summed E-state index contributed by atoms with van der Waals surface area (Å²) in [5.74, 6) is -0.210. The van der Waals surface area contributed by atoms with E-state index in [1.165, 1.54) is 0 Å². The van der Waals surface area contributed by atoms with Gasteiger partial charge in [-0.1, -0.05) is 0 Å². The molecular weight excluding hydrogens is 333 g/mol. The van der Waals surface area contributed by atoms with Gasteiger partial charge in [-0.05, 0) is 54.9 Å². The molecular formula is C18H30BN3O4. The molecule has 0 aliphatic carbocycles. The average molecular weight is 363 g/mol. The minimum absolute atomic E-state index is 0.101. The molecule has 1 aromatic rings. The van der Waals surface area contributed by atoms with E-state index in [-0.39, 0.29) is 29.3 Å². The van der Waals surface area contributed by atoms with E-state index in [9.17, 15) is 4.79 Å². The van der Waals surface area contributed by atoms with Gasteiger partial charge in [0.2, 0.25) is 0 Å². The molecule has 2 atom stereocenters. The predicted molar refractivity (Wildman–Crippen MR) is 99.2 cm³/mol. The van der Waals surface area contributed by atoms with E-state index >= 15 is 0 Å². The smallest absolute Gasteiger partial charge is 0.459 e. The standard InChI is InChI=1S/C18H30BN3O4/c1-16(2,3)24-15(23)14-8-13(10-20-14)22-11-12(9-21-22)19-25-17(4,5)18(6,7)26-19/h9,11,13-14,20H,8,10H2,1-7H3. The molecule has 0 spiro atoms. The molecule has 0 saturated carbocycles. The van der Waals surface area contributed by atoms with Crippen LogP contribution < -0.4 is 10.8 Å². The predicted octanol–water partition coefficient (Wildman–Crippen LogP) is 1.43. The minimum atomic E-state index is -0.480. The highest BCUT2D eigenvalue weighted by molar-refractivity contribution is 6.62. The summed E-state index contributed by atoms with van der Waals surface area (Å²) >= 11 is 0. The normalized spacial score (nSPS) is 27.7. The number of nitrogens with one attached hydrogen (secondary N) is 1. The van der Waals surface area contributed by atoms with Gasteiger partial charge in [0.25, 0.3) is 0 Å². The lowest BCUT2D eigenvalue weighted by Crippen LogP contribution is -2.41. The Kier molecular flexibility index (Phi) is 4.74. The number of esters is 1. The van der Waals surface area contributed by atoms with Crippen LogP contribution in [0.2, 0.25) is 0 Å². The molecule has 8 heteroatoms. The van der Waals surface area contributed by atoms with Gasteiger partial charge in [-0.2, -0.15) is 5.10 Å². The molecule has 2 aliphatic rings. The summed E-state index contributed by atoms with van der Waals surface area (Å²) in [6, 6.07) is -0.201. The van der Waals surface area contributed by atoms with Crippen molar-refractivity contribution in [1.29, 1.82) is 0 Å². The van der Waals surface area contributed by atoms with E-state index < -0.39 is 12.7 Å². The van der Waals surface area contributed by atoms with E-state index in [1.54, 1.807) is 6.20 Å². The first-order chi connectivity index (χ1) is 11.9. The van der Waals surface area contributed by atoms with Gasteiger partial charge in [-0.15, -0.1) is 0 Å². The number of aromatic nitrogens is 2. The maximum absolute atomic E-state index is 12.2. The van der Waals surface area contributed by atoms with Gasteiger partial charge in [0.05, 0.1) is 17.2 Å². The second-order valence-electron chi connectivity index (χ2n) is 9.23. The number of carbonyl (C=O) groups is 1. The van der Waals surface area contributed by atoms with E-state index in [0.29, 0.717) is 13.0 Å². The van der Waals surface area contributed by atoms with Gasteiger partial charge in [-0.3, -0.25) is 9.48 Å². The van der Waals surface area contributed by atoms with Crippen molar-refractivity contribution >= 4 is 18.6 Å². The lowest BCUT2D eigenvalue weighted by atomic mass is 9.82. The summed E-state index contributed by atoms with van der Waals surface area (Å²) in [4.78, 5) is 12.2. The molecule has 0 amide bonds. The van der Waals surface area contributed by atoms with Crippen LogP contribution in [0.15, 0.2) is 12.4 Å². The van der Waals surface area contributed by atoms with Crippen LogP contribution in [0.5, 0.6) is 0 Å². The molecule has 2 unspecified atom stereocenters. The van der Waals surface area contributed by atoms with Crippen LogP contribution in [0.25, 0.3) is 0 Å². The lowest BCUT2D eigenvalue weighted by Gasteiger charge is -2.32. The highest BCUT2D eigenvalue weighted by Gasteiger charge is 2.52. The van der Waals surface area contributed by atoms with E-state index in [0.717, 1.165) is 5.46 Å². The SMILES string of the molecule is CC(C)(C)OC(=O)C1CC(n2cc(B3OC(C)(C)C(C)(C)O3)cn2)CN1. The van der Waals surface area contributed by atoms with Crippen LogP contribution in [0.1, 0.15) is 60.9 Å². The quantitative estimate of drug-likeness (QED) is 0.647. The molecule has 2 aliphatic heterocycles. The highest BCUT2D eigenvalue weighted by Crippen LogP contribution is 2.36. The summed E-state index contributed by atoms with van der Waals surface area (Å²) in [7, 11) is -0.426. The van der Waals surface area contributed by atoms with Crippen molar-refractivity contribution in [2.45, 2.75) is 83.8 Å². The molecule has 0 radical (unpaired) electrons. The molecule has 2 fully saturated rings. The van der Waals surface area contributed by atoms with Crippen molar-refractivity contribution in [2.24, 2.45) is 0 Å². The van der Waals surface area contributed by atoms with Crippen LogP contribution in [0, 0.1) is 0 Å². The number of nitrogens with zero attached hydrogens (tertiary/aromatic N) is 2. The number of hydrogen-bond donors (Lipinski definition) is 1. The second kappa shape index (κ2) is 6.35. The fourth-order valence-corrected chi connectivity index (χ4v) is 3.12. The van der Waals surface area contributed by atoms with Crippen molar-refractivity contribution < 1.29 is 18.8 Å². The zero-order valence-corrected chi connectivity index (χ0v) is 16.8. The third-order valence-electron chi connectivity index (χ3n) is 5.32. The Labute approximate surface area is 155 Å². The third-order valence-corrected chi connectivity index (χ3v) is 5.32. The maximum atomic E-state index is 12.2. The van der Waals surface area contributed by atoms with Crippen molar-refractivity contribution in [3.05, 3.63) is 12.4 Å². The fraction of sp³-hybridized carbons (Fsp3) is 0.778. The Morgan fingerprint density at radius 3 is 2.50 bits per heavy atom.